The lowest BCUT2D eigenvalue weighted by atomic mass is 10.3. The molecule has 1 saturated heterocycles. The summed E-state index contributed by atoms with van der Waals surface area (Å²) in [6, 6.07) is 0. The van der Waals surface area contributed by atoms with Crippen LogP contribution in [0.3, 0.4) is 0 Å². The molecule has 5 nitrogen and oxygen atoms in total. The number of epoxide rings is 1. The first-order chi connectivity index (χ1) is 8.67. The third-order valence-electron chi connectivity index (χ3n) is 2.38. The molecule has 2 atom stereocenters. The Labute approximate surface area is 132 Å². The molecule has 0 radical (unpaired) electrons. The zero-order valence-electron chi connectivity index (χ0n) is 8.76. The summed E-state index contributed by atoms with van der Waals surface area (Å²) in [7, 11) is 0. The molecule has 0 saturated carbocycles. The van der Waals surface area contributed by atoms with Gasteiger partial charge in [0.2, 0.25) is 0 Å². The van der Waals surface area contributed by atoms with Crippen LogP contribution in [0.1, 0.15) is 0 Å². The minimum Gasteiger partial charge on any atom is -0.432 e. The number of benzene rings is 1. The van der Waals surface area contributed by atoms with E-state index in [1.54, 1.807) is 0 Å². The van der Waals surface area contributed by atoms with Crippen molar-refractivity contribution in [2.24, 2.45) is 0 Å². The molecule has 0 aromatic heterocycles. The van der Waals surface area contributed by atoms with Gasteiger partial charge in [-0.1, -0.05) is 58.0 Å². The number of aliphatic hydroxyl groups excluding tert-OH is 1. The molecule has 10 heteroatoms. The van der Waals surface area contributed by atoms with Gasteiger partial charge in [0.1, 0.15) is 16.7 Å². The minimum absolute atomic E-state index is 0.0909. The minimum atomic E-state index is -2.50. The highest BCUT2D eigenvalue weighted by molar-refractivity contribution is 6.55. The third kappa shape index (κ3) is 2.37. The fourth-order valence-electron chi connectivity index (χ4n) is 1.25. The van der Waals surface area contributed by atoms with E-state index >= 15 is 0 Å². The maximum Gasteiger partial charge on any atom is 0.387 e. The lowest BCUT2D eigenvalue weighted by Gasteiger charge is -2.16. The smallest absolute Gasteiger partial charge is 0.387 e. The number of hydrogen-bond donors (Lipinski definition) is 3. The molecule has 1 aromatic carbocycles. The molecule has 3 N–H and O–H groups in total. The average Bonchev–Trinajstić information content (AvgIpc) is 2.93. The molecule has 1 heterocycles. The highest BCUT2D eigenvalue weighted by Gasteiger charge is 2.74. The van der Waals surface area contributed by atoms with Gasteiger partial charge in [0.15, 0.2) is 5.75 Å². The number of aliphatic hydroxyl groups is 3. The third-order valence-corrected chi connectivity index (χ3v) is 4.63. The monoisotopic (exact) mass is 368 g/mol. The van der Waals surface area contributed by atoms with Crippen LogP contribution in [0.4, 0.5) is 0 Å². The van der Waals surface area contributed by atoms with E-state index in [9.17, 15) is 10.2 Å². The van der Waals surface area contributed by atoms with Gasteiger partial charge in [0, 0.05) is 0 Å². The molecule has 1 aliphatic heterocycles. The van der Waals surface area contributed by atoms with Gasteiger partial charge < -0.3 is 20.1 Å². The van der Waals surface area contributed by atoms with Crippen molar-refractivity contribution in [3.05, 3.63) is 25.1 Å². The highest BCUT2D eigenvalue weighted by Crippen LogP contribution is 2.52. The molecule has 0 amide bonds. The largest absolute Gasteiger partial charge is 0.432 e. The van der Waals surface area contributed by atoms with Gasteiger partial charge in [0.25, 0.3) is 5.79 Å². The van der Waals surface area contributed by atoms with Crippen molar-refractivity contribution in [3.63, 3.8) is 0 Å². The second-order valence-corrected chi connectivity index (χ2v) is 5.52. The summed E-state index contributed by atoms with van der Waals surface area (Å²) in [5.74, 6) is -5.12. The molecule has 106 valence electrons. The quantitative estimate of drug-likeness (QED) is 0.330. The predicted molar refractivity (Wildman–Crippen MR) is 70.2 cm³/mol. The van der Waals surface area contributed by atoms with Crippen LogP contribution < -0.4 is 4.74 Å². The maximum atomic E-state index is 9.71. The summed E-state index contributed by atoms with van der Waals surface area (Å²) >= 11 is 29.0. The summed E-state index contributed by atoms with van der Waals surface area (Å²) in [5, 5.41) is 27.1. The number of halogens is 5. The van der Waals surface area contributed by atoms with Gasteiger partial charge in [-0.05, 0) is 0 Å². The lowest BCUT2D eigenvalue weighted by Crippen LogP contribution is -2.34. The average molecular weight is 370 g/mol. The molecule has 1 aliphatic rings. The first kappa shape index (κ1) is 15.7. The van der Waals surface area contributed by atoms with Crippen LogP contribution >= 0.6 is 58.0 Å². The Morgan fingerprint density at radius 3 is 1.68 bits per heavy atom. The molecule has 0 spiro atoms. The normalized spacial score (nSPS) is 29.5. The first-order valence-electron chi connectivity index (χ1n) is 4.63. The second kappa shape index (κ2) is 4.94. The number of hydrogen-bond acceptors (Lipinski definition) is 5. The van der Waals surface area contributed by atoms with Gasteiger partial charge in [-0.15, -0.1) is 0 Å². The van der Waals surface area contributed by atoms with E-state index < -0.39 is 18.4 Å². The lowest BCUT2D eigenvalue weighted by molar-refractivity contribution is -0.142. The SMILES string of the molecule is OCC1(O)OC1(O)Oc1c(Cl)c(Cl)c(Cl)c(Cl)c1Cl. The Hall–Kier alpha value is 0.310. The molecule has 0 bridgehead atoms. The fraction of sp³-hybridized carbons (Fsp3) is 0.333. The van der Waals surface area contributed by atoms with Crippen LogP contribution in [-0.4, -0.2) is 33.7 Å². The van der Waals surface area contributed by atoms with Crippen molar-refractivity contribution in [2.45, 2.75) is 11.8 Å². The fourth-order valence-corrected chi connectivity index (χ4v) is 2.45. The van der Waals surface area contributed by atoms with E-state index in [4.69, 9.17) is 67.8 Å². The van der Waals surface area contributed by atoms with Crippen LogP contribution in [0, 0.1) is 0 Å². The molecule has 0 aliphatic carbocycles. The van der Waals surface area contributed by atoms with Crippen LogP contribution in [0.15, 0.2) is 0 Å². The molecular weight excluding hydrogens is 365 g/mol. The summed E-state index contributed by atoms with van der Waals surface area (Å²) in [4.78, 5) is 0. The zero-order valence-corrected chi connectivity index (χ0v) is 12.5. The molecule has 1 fully saturated rings. The van der Waals surface area contributed by atoms with Crippen LogP contribution in [0.25, 0.3) is 0 Å². The summed E-state index contributed by atoms with van der Waals surface area (Å²) < 4.78 is 9.40. The first-order valence-corrected chi connectivity index (χ1v) is 6.52. The van der Waals surface area contributed by atoms with Crippen LogP contribution in [0.5, 0.6) is 5.75 Å². The topological polar surface area (TPSA) is 82.5 Å². The Kier molecular flexibility index (Phi) is 4.08. The van der Waals surface area contributed by atoms with E-state index in [0.29, 0.717) is 0 Å². The number of ether oxygens (including phenoxy) is 2. The van der Waals surface area contributed by atoms with Crippen molar-refractivity contribution in [1.29, 1.82) is 0 Å². The summed E-state index contributed by atoms with van der Waals surface area (Å²) in [6.07, 6.45) is 0. The van der Waals surface area contributed by atoms with Crippen LogP contribution in [0.2, 0.25) is 25.1 Å². The van der Waals surface area contributed by atoms with Gasteiger partial charge in [-0.3, -0.25) is 4.74 Å². The van der Waals surface area contributed by atoms with E-state index in [1.807, 2.05) is 0 Å². The van der Waals surface area contributed by atoms with Crippen LogP contribution in [-0.2, 0) is 4.74 Å². The summed E-state index contributed by atoms with van der Waals surface area (Å²) in [6.45, 7) is -0.909. The van der Waals surface area contributed by atoms with Crippen molar-refractivity contribution >= 4 is 58.0 Å². The van der Waals surface area contributed by atoms with E-state index in [1.165, 1.54) is 0 Å². The second-order valence-electron chi connectivity index (χ2n) is 3.63. The molecular formula is C9H5Cl5O5. The molecule has 19 heavy (non-hydrogen) atoms. The standard InChI is InChI=1S/C9H5Cl5O5/c10-2-3(11)5(13)7(6(14)4(2)12)18-9(17)8(16,1-15)19-9/h15-17H,1H2. The zero-order chi connectivity index (χ0) is 14.6. The highest BCUT2D eigenvalue weighted by atomic mass is 35.5. The molecule has 2 unspecified atom stereocenters. The van der Waals surface area contributed by atoms with Gasteiger partial charge >= 0.3 is 5.97 Å². The van der Waals surface area contributed by atoms with Gasteiger partial charge in [-0.2, -0.15) is 0 Å². The molecule has 1 aromatic rings. The number of rotatable bonds is 3. The Bertz CT molecular complexity index is 523. The van der Waals surface area contributed by atoms with E-state index in [2.05, 4.69) is 4.74 Å². The maximum absolute atomic E-state index is 9.71. The van der Waals surface area contributed by atoms with Crippen molar-refractivity contribution in [3.8, 4) is 5.75 Å². The van der Waals surface area contributed by atoms with Crippen molar-refractivity contribution in [1.82, 2.24) is 0 Å². The van der Waals surface area contributed by atoms with Gasteiger partial charge in [-0.25, -0.2) is 0 Å². The van der Waals surface area contributed by atoms with E-state index in [0.717, 1.165) is 0 Å². The predicted octanol–water partition coefficient (Wildman–Crippen LogP) is 2.69. The summed E-state index contributed by atoms with van der Waals surface area (Å²) in [5.41, 5.74) is 0. The molecule has 2 rings (SSSR count). The Morgan fingerprint density at radius 2 is 1.32 bits per heavy atom. The Balaban J connectivity index is 2.43. The van der Waals surface area contributed by atoms with Crippen molar-refractivity contribution < 1.29 is 24.8 Å². The van der Waals surface area contributed by atoms with Gasteiger partial charge in [0.05, 0.1) is 15.1 Å². The Morgan fingerprint density at radius 1 is 0.895 bits per heavy atom. The van der Waals surface area contributed by atoms with Crippen molar-refractivity contribution in [2.75, 3.05) is 6.61 Å². The van der Waals surface area contributed by atoms with E-state index in [-0.39, 0.29) is 30.9 Å².